The van der Waals surface area contributed by atoms with E-state index < -0.39 is 0 Å². The highest BCUT2D eigenvalue weighted by molar-refractivity contribution is 5.92. The number of nitrogens with zero attached hydrogens (tertiary/aromatic N) is 4. The second-order valence-corrected chi connectivity index (χ2v) is 5.50. The molecule has 1 aliphatic heterocycles. The Bertz CT molecular complexity index is 668. The number of ether oxygens (including phenoxy) is 1. The molecule has 0 saturated carbocycles. The van der Waals surface area contributed by atoms with Crippen LogP contribution in [0, 0.1) is 0 Å². The summed E-state index contributed by atoms with van der Waals surface area (Å²) in [5.41, 5.74) is 1.05. The van der Waals surface area contributed by atoms with Gasteiger partial charge in [-0.05, 0) is 31.4 Å². The lowest BCUT2D eigenvalue weighted by Gasteiger charge is -2.32. The van der Waals surface area contributed by atoms with Crippen LogP contribution in [-0.2, 0) is 17.8 Å². The quantitative estimate of drug-likeness (QED) is 0.867. The molecule has 116 valence electrons. The Morgan fingerprint density at radius 1 is 1.41 bits per heavy atom. The molecule has 6 nitrogen and oxygen atoms in total. The second kappa shape index (κ2) is 6.17. The van der Waals surface area contributed by atoms with Crippen molar-refractivity contribution >= 4 is 11.9 Å². The second-order valence-electron chi connectivity index (χ2n) is 5.50. The highest BCUT2D eigenvalue weighted by Crippen LogP contribution is 2.24. The molecule has 1 aromatic carbocycles. The van der Waals surface area contributed by atoms with Crippen LogP contribution < -0.4 is 9.64 Å². The summed E-state index contributed by atoms with van der Waals surface area (Å²) in [5.74, 6) is 1.56. The van der Waals surface area contributed by atoms with Gasteiger partial charge < -0.3 is 4.74 Å². The van der Waals surface area contributed by atoms with E-state index in [9.17, 15) is 4.79 Å². The monoisotopic (exact) mass is 300 g/mol. The third-order valence-electron chi connectivity index (χ3n) is 4.08. The molecule has 2 aromatic rings. The van der Waals surface area contributed by atoms with E-state index in [4.69, 9.17) is 4.74 Å². The Balaban J connectivity index is 1.73. The summed E-state index contributed by atoms with van der Waals surface area (Å²) in [6, 6.07) is 7.96. The number of fused-ring (bicyclic) bond motifs is 1. The van der Waals surface area contributed by atoms with E-state index in [-0.39, 0.29) is 11.9 Å². The minimum atomic E-state index is 0.0763. The predicted molar refractivity (Wildman–Crippen MR) is 82.9 cm³/mol. The minimum Gasteiger partial charge on any atom is -0.496 e. The molecule has 0 aliphatic carbocycles. The largest absolute Gasteiger partial charge is 0.496 e. The molecule has 1 amide bonds. The molecule has 1 aromatic heterocycles. The molecule has 1 aliphatic rings. The van der Waals surface area contributed by atoms with Gasteiger partial charge in [-0.1, -0.05) is 18.2 Å². The molecule has 0 radical (unpaired) electrons. The van der Waals surface area contributed by atoms with Gasteiger partial charge in [0.05, 0.1) is 7.11 Å². The van der Waals surface area contributed by atoms with Gasteiger partial charge in [-0.3, -0.25) is 9.69 Å². The molecule has 0 spiro atoms. The van der Waals surface area contributed by atoms with Crippen LogP contribution in [-0.4, -0.2) is 33.8 Å². The van der Waals surface area contributed by atoms with E-state index in [2.05, 4.69) is 17.0 Å². The van der Waals surface area contributed by atoms with E-state index in [1.54, 1.807) is 16.7 Å². The van der Waals surface area contributed by atoms with Crippen LogP contribution in [0.1, 0.15) is 25.3 Å². The van der Waals surface area contributed by atoms with Crippen molar-refractivity contribution in [2.24, 2.45) is 0 Å². The number of amides is 1. The highest BCUT2D eigenvalue weighted by atomic mass is 16.5. The Labute approximate surface area is 129 Å². The number of hydrogen-bond donors (Lipinski definition) is 0. The standard InChI is InChI=1S/C16H20N4O2/c1-12-9-10-19-16(17-11-18-19)20(12)15(21)8-7-13-5-3-4-6-14(13)22-2/h3-6,11-12H,7-10H2,1-2H3. The normalized spacial score (nSPS) is 17.2. The Hall–Kier alpha value is -2.37. The molecule has 6 heteroatoms. The smallest absolute Gasteiger partial charge is 0.230 e. The van der Waals surface area contributed by atoms with E-state index in [1.165, 1.54) is 6.33 Å². The van der Waals surface area contributed by atoms with Crippen molar-refractivity contribution in [2.45, 2.75) is 38.8 Å². The summed E-state index contributed by atoms with van der Waals surface area (Å²) >= 11 is 0. The van der Waals surface area contributed by atoms with Gasteiger partial charge in [0.15, 0.2) is 0 Å². The average Bonchev–Trinajstić information content (AvgIpc) is 3.01. The first kappa shape index (κ1) is 14.6. The summed E-state index contributed by atoms with van der Waals surface area (Å²) in [6.07, 6.45) is 3.49. The van der Waals surface area contributed by atoms with Crippen molar-refractivity contribution in [1.29, 1.82) is 0 Å². The molecule has 22 heavy (non-hydrogen) atoms. The van der Waals surface area contributed by atoms with Gasteiger partial charge in [0, 0.05) is 19.0 Å². The third kappa shape index (κ3) is 2.68. The minimum absolute atomic E-state index is 0.0763. The van der Waals surface area contributed by atoms with E-state index in [0.717, 1.165) is 24.3 Å². The van der Waals surface area contributed by atoms with Gasteiger partial charge in [-0.15, -0.1) is 0 Å². The van der Waals surface area contributed by atoms with Gasteiger partial charge in [0.2, 0.25) is 11.9 Å². The van der Waals surface area contributed by atoms with Crippen LogP contribution in [0.5, 0.6) is 5.75 Å². The van der Waals surface area contributed by atoms with Crippen LogP contribution in [0.2, 0.25) is 0 Å². The van der Waals surface area contributed by atoms with Crippen molar-refractivity contribution in [3.63, 3.8) is 0 Å². The number of aromatic nitrogens is 3. The maximum Gasteiger partial charge on any atom is 0.230 e. The van der Waals surface area contributed by atoms with Gasteiger partial charge in [0.25, 0.3) is 0 Å². The molecular weight excluding hydrogens is 280 g/mol. The van der Waals surface area contributed by atoms with Gasteiger partial charge >= 0.3 is 0 Å². The number of anilines is 1. The molecule has 0 bridgehead atoms. The van der Waals surface area contributed by atoms with Crippen LogP contribution in [0.25, 0.3) is 0 Å². The van der Waals surface area contributed by atoms with Crippen molar-refractivity contribution in [2.75, 3.05) is 12.0 Å². The fraction of sp³-hybridized carbons (Fsp3) is 0.438. The number of carbonyl (C=O) groups is 1. The molecular formula is C16H20N4O2. The van der Waals surface area contributed by atoms with Crippen LogP contribution in [0.15, 0.2) is 30.6 Å². The molecule has 0 saturated heterocycles. The number of carbonyl (C=O) groups excluding carboxylic acids is 1. The zero-order valence-corrected chi connectivity index (χ0v) is 12.9. The maximum atomic E-state index is 12.6. The van der Waals surface area contributed by atoms with Crippen molar-refractivity contribution < 1.29 is 9.53 Å². The lowest BCUT2D eigenvalue weighted by atomic mass is 10.1. The molecule has 3 rings (SSSR count). The number of aryl methyl sites for hydroxylation is 2. The van der Waals surface area contributed by atoms with Crippen LogP contribution in [0.4, 0.5) is 5.95 Å². The number of para-hydroxylation sites is 1. The molecule has 1 unspecified atom stereocenters. The Kier molecular flexibility index (Phi) is 4.09. The zero-order chi connectivity index (χ0) is 15.5. The van der Waals surface area contributed by atoms with Gasteiger partial charge in [-0.25, -0.2) is 4.68 Å². The van der Waals surface area contributed by atoms with Crippen molar-refractivity contribution in [1.82, 2.24) is 14.8 Å². The summed E-state index contributed by atoms with van der Waals surface area (Å²) < 4.78 is 7.13. The van der Waals surface area contributed by atoms with Crippen LogP contribution in [0.3, 0.4) is 0 Å². The summed E-state index contributed by atoms with van der Waals surface area (Å²) in [6.45, 7) is 2.87. The topological polar surface area (TPSA) is 60.2 Å². The maximum absolute atomic E-state index is 12.6. The average molecular weight is 300 g/mol. The summed E-state index contributed by atoms with van der Waals surface area (Å²) in [7, 11) is 1.65. The number of hydrogen-bond acceptors (Lipinski definition) is 4. The van der Waals surface area contributed by atoms with E-state index in [1.807, 2.05) is 24.3 Å². The number of methoxy groups -OCH3 is 1. The molecule has 1 atom stereocenters. The van der Waals surface area contributed by atoms with Crippen molar-refractivity contribution in [3.8, 4) is 5.75 Å². The van der Waals surface area contributed by atoms with E-state index in [0.29, 0.717) is 18.8 Å². The predicted octanol–water partition coefficient (Wildman–Crippen LogP) is 2.04. The first-order valence-electron chi connectivity index (χ1n) is 7.52. The fourth-order valence-corrected chi connectivity index (χ4v) is 2.87. The summed E-state index contributed by atoms with van der Waals surface area (Å²) in [4.78, 5) is 18.6. The first-order chi connectivity index (χ1) is 10.7. The SMILES string of the molecule is COc1ccccc1CCC(=O)N1c2ncnn2CCC1C. The van der Waals surface area contributed by atoms with Gasteiger partial charge in [0.1, 0.15) is 12.1 Å². The van der Waals surface area contributed by atoms with Crippen molar-refractivity contribution in [3.05, 3.63) is 36.2 Å². The molecule has 0 fully saturated rings. The first-order valence-corrected chi connectivity index (χ1v) is 7.52. The zero-order valence-electron chi connectivity index (χ0n) is 12.9. The summed E-state index contributed by atoms with van der Waals surface area (Å²) in [5, 5.41) is 4.16. The fourth-order valence-electron chi connectivity index (χ4n) is 2.87. The lowest BCUT2D eigenvalue weighted by molar-refractivity contribution is -0.119. The number of benzene rings is 1. The molecule has 2 heterocycles. The Morgan fingerprint density at radius 2 is 2.23 bits per heavy atom. The lowest BCUT2D eigenvalue weighted by Crippen LogP contribution is -2.44. The third-order valence-corrected chi connectivity index (χ3v) is 4.08. The van der Waals surface area contributed by atoms with Gasteiger partial charge in [-0.2, -0.15) is 10.1 Å². The number of rotatable bonds is 4. The Morgan fingerprint density at radius 3 is 3.05 bits per heavy atom. The van der Waals surface area contributed by atoms with Crippen LogP contribution >= 0.6 is 0 Å². The van der Waals surface area contributed by atoms with E-state index >= 15 is 0 Å². The molecule has 0 N–H and O–H groups in total. The highest BCUT2D eigenvalue weighted by Gasteiger charge is 2.29.